The summed E-state index contributed by atoms with van der Waals surface area (Å²) in [5.41, 5.74) is 3.51. The van der Waals surface area contributed by atoms with E-state index in [0.717, 1.165) is 61.9 Å². The summed E-state index contributed by atoms with van der Waals surface area (Å²) in [5.74, 6) is 2.29. The average Bonchev–Trinajstić information content (AvgIpc) is 3.39. The highest BCUT2D eigenvalue weighted by atomic mass is 16.3. The summed E-state index contributed by atoms with van der Waals surface area (Å²) >= 11 is 0. The maximum atomic E-state index is 12.2. The Balaban J connectivity index is 1.45. The molecule has 130 valence electrons. The molecule has 0 spiro atoms. The highest BCUT2D eigenvalue weighted by Gasteiger charge is 2.35. The maximum absolute atomic E-state index is 12.2. The van der Waals surface area contributed by atoms with E-state index in [-0.39, 0.29) is 0 Å². The van der Waals surface area contributed by atoms with E-state index < -0.39 is 0 Å². The van der Waals surface area contributed by atoms with Crippen molar-refractivity contribution in [2.45, 2.75) is 38.5 Å². The van der Waals surface area contributed by atoms with Gasteiger partial charge in [0.1, 0.15) is 5.76 Å². The second-order valence-electron chi connectivity index (χ2n) is 7.27. The molecule has 25 heavy (non-hydrogen) atoms. The van der Waals surface area contributed by atoms with Gasteiger partial charge in [0, 0.05) is 24.6 Å². The number of carbonyl (C=O) groups excluding carboxylic acids is 2. The average molecular weight is 337 g/mol. The van der Waals surface area contributed by atoms with Gasteiger partial charge < -0.3 is 9.32 Å². The van der Waals surface area contributed by atoms with E-state index in [1.54, 1.807) is 6.07 Å². The molecule has 2 aromatic rings. The lowest BCUT2D eigenvalue weighted by Gasteiger charge is -2.32. The monoisotopic (exact) mass is 337 g/mol. The molecule has 2 fully saturated rings. The highest BCUT2D eigenvalue weighted by molar-refractivity contribution is 5.81. The summed E-state index contributed by atoms with van der Waals surface area (Å²) in [6.07, 6.45) is 4.96. The molecule has 4 rings (SSSR count). The van der Waals surface area contributed by atoms with Crippen molar-refractivity contribution >= 4 is 12.2 Å². The number of hydrogen-bond donors (Lipinski definition) is 0. The Labute approximate surface area is 147 Å². The Morgan fingerprint density at radius 2 is 1.88 bits per heavy atom. The van der Waals surface area contributed by atoms with Gasteiger partial charge in [0.05, 0.1) is 0 Å². The van der Waals surface area contributed by atoms with Gasteiger partial charge in [-0.25, -0.2) is 0 Å². The van der Waals surface area contributed by atoms with Gasteiger partial charge in [-0.1, -0.05) is 18.2 Å². The van der Waals surface area contributed by atoms with Crippen LogP contribution in [0, 0.1) is 12.8 Å². The molecule has 4 nitrogen and oxygen atoms in total. The fourth-order valence-electron chi connectivity index (χ4n) is 3.80. The van der Waals surface area contributed by atoms with Crippen molar-refractivity contribution in [2.24, 2.45) is 5.92 Å². The Kier molecular flexibility index (Phi) is 4.20. The van der Waals surface area contributed by atoms with E-state index in [9.17, 15) is 9.59 Å². The standard InChI is InChI=1S/C21H23NO3/c1-14-12-17(4-6-19(14)20-7-5-18(13-23)25-20)15-8-10-22(11-9-15)21(24)16-2-3-16/h4-7,12-13,15-16H,2-3,8-11H2,1H3. The molecule has 1 aliphatic heterocycles. The number of benzene rings is 1. The summed E-state index contributed by atoms with van der Waals surface area (Å²) in [7, 11) is 0. The number of likely N-dealkylation sites (tertiary alicyclic amines) is 1. The Morgan fingerprint density at radius 3 is 2.48 bits per heavy atom. The smallest absolute Gasteiger partial charge is 0.225 e. The number of nitrogens with zero attached hydrogens (tertiary/aromatic N) is 1. The van der Waals surface area contributed by atoms with Gasteiger partial charge in [-0.15, -0.1) is 0 Å². The van der Waals surface area contributed by atoms with Crippen LogP contribution >= 0.6 is 0 Å². The minimum absolute atomic E-state index is 0.322. The zero-order chi connectivity index (χ0) is 17.4. The van der Waals surface area contributed by atoms with Crippen molar-refractivity contribution in [1.29, 1.82) is 0 Å². The van der Waals surface area contributed by atoms with Crippen molar-refractivity contribution in [2.75, 3.05) is 13.1 Å². The van der Waals surface area contributed by atoms with Gasteiger partial charge in [0.15, 0.2) is 12.0 Å². The third kappa shape index (κ3) is 3.26. The van der Waals surface area contributed by atoms with Crippen LogP contribution in [0.25, 0.3) is 11.3 Å². The number of piperidine rings is 1. The van der Waals surface area contributed by atoms with Crippen LogP contribution in [0.5, 0.6) is 0 Å². The molecule has 2 aliphatic rings. The molecular weight excluding hydrogens is 314 g/mol. The molecule has 1 aromatic heterocycles. The van der Waals surface area contributed by atoms with Crippen LogP contribution in [0.4, 0.5) is 0 Å². The van der Waals surface area contributed by atoms with Crippen molar-refractivity contribution in [1.82, 2.24) is 4.90 Å². The molecule has 1 amide bonds. The van der Waals surface area contributed by atoms with Crippen LogP contribution in [0.2, 0.25) is 0 Å². The van der Waals surface area contributed by atoms with Crippen LogP contribution in [0.1, 0.15) is 53.3 Å². The first-order chi connectivity index (χ1) is 12.2. The van der Waals surface area contributed by atoms with E-state index in [0.29, 0.717) is 23.5 Å². The molecule has 1 saturated carbocycles. The predicted octanol–water partition coefficient (Wildman–Crippen LogP) is 4.18. The first kappa shape index (κ1) is 16.1. The predicted molar refractivity (Wildman–Crippen MR) is 95.5 cm³/mol. The second-order valence-corrected chi connectivity index (χ2v) is 7.27. The lowest BCUT2D eigenvalue weighted by molar-refractivity contribution is -0.133. The third-order valence-electron chi connectivity index (χ3n) is 5.46. The third-order valence-corrected chi connectivity index (χ3v) is 5.46. The van der Waals surface area contributed by atoms with E-state index in [1.807, 2.05) is 6.07 Å². The number of furan rings is 1. The first-order valence-corrected chi connectivity index (χ1v) is 9.10. The number of aldehydes is 1. The summed E-state index contributed by atoms with van der Waals surface area (Å²) in [5, 5.41) is 0. The number of aryl methyl sites for hydroxylation is 1. The summed E-state index contributed by atoms with van der Waals surface area (Å²) < 4.78 is 5.54. The van der Waals surface area contributed by atoms with Gasteiger partial charge in [0.25, 0.3) is 0 Å². The SMILES string of the molecule is Cc1cc(C2CCN(C(=O)C3CC3)CC2)ccc1-c1ccc(C=O)o1. The number of amides is 1. The van der Waals surface area contributed by atoms with Crippen LogP contribution in [0.15, 0.2) is 34.7 Å². The number of hydrogen-bond acceptors (Lipinski definition) is 3. The summed E-state index contributed by atoms with van der Waals surface area (Å²) in [4.78, 5) is 25.0. The number of carbonyl (C=O) groups is 2. The molecule has 1 aromatic carbocycles. The summed E-state index contributed by atoms with van der Waals surface area (Å²) in [6, 6.07) is 10.0. The second kappa shape index (κ2) is 6.51. The first-order valence-electron chi connectivity index (χ1n) is 9.10. The molecule has 2 heterocycles. The molecule has 0 radical (unpaired) electrons. The molecule has 0 bridgehead atoms. The summed E-state index contributed by atoms with van der Waals surface area (Å²) in [6.45, 7) is 3.83. The van der Waals surface area contributed by atoms with Gasteiger partial charge in [0.2, 0.25) is 5.91 Å². The molecule has 0 unspecified atom stereocenters. The largest absolute Gasteiger partial charge is 0.453 e. The quantitative estimate of drug-likeness (QED) is 0.786. The molecule has 1 saturated heterocycles. The fraction of sp³-hybridized carbons (Fsp3) is 0.429. The Morgan fingerprint density at radius 1 is 1.12 bits per heavy atom. The van der Waals surface area contributed by atoms with Crippen LogP contribution in [-0.2, 0) is 4.79 Å². The van der Waals surface area contributed by atoms with Gasteiger partial charge in [-0.2, -0.15) is 0 Å². The highest BCUT2D eigenvalue weighted by Crippen LogP contribution is 2.35. The zero-order valence-corrected chi connectivity index (χ0v) is 14.5. The minimum atomic E-state index is 0.322. The van der Waals surface area contributed by atoms with Crippen LogP contribution in [-0.4, -0.2) is 30.2 Å². The van der Waals surface area contributed by atoms with Crippen molar-refractivity contribution in [3.05, 3.63) is 47.2 Å². The fourth-order valence-corrected chi connectivity index (χ4v) is 3.80. The lowest BCUT2D eigenvalue weighted by Crippen LogP contribution is -2.38. The van der Waals surface area contributed by atoms with Gasteiger partial charge in [-0.05, 0) is 61.8 Å². The van der Waals surface area contributed by atoms with Crippen molar-refractivity contribution in [3.8, 4) is 11.3 Å². The van der Waals surface area contributed by atoms with Crippen molar-refractivity contribution < 1.29 is 14.0 Å². The lowest BCUT2D eigenvalue weighted by atomic mass is 9.87. The van der Waals surface area contributed by atoms with E-state index in [1.165, 1.54) is 5.56 Å². The molecule has 0 N–H and O–H groups in total. The van der Waals surface area contributed by atoms with Crippen LogP contribution in [0.3, 0.4) is 0 Å². The Hall–Kier alpha value is -2.36. The number of rotatable bonds is 4. The van der Waals surface area contributed by atoms with E-state index in [2.05, 4.69) is 30.0 Å². The van der Waals surface area contributed by atoms with Gasteiger partial charge in [-0.3, -0.25) is 9.59 Å². The molecule has 1 aliphatic carbocycles. The maximum Gasteiger partial charge on any atom is 0.225 e. The molecular formula is C21H23NO3. The normalized spacial score (nSPS) is 18.4. The van der Waals surface area contributed by atoms with E-state index in [4.69, 9.17) is 4.42 Å². The topological polar surface area (TPSA) is 50.5 Å². The van der Waals surface area contributed by atoms with E-state index >= 15 is 0 Å². The van der Waals surface area contributed by atoms with Crippen LogP contribution < -0.4 is 0 Å². The zero-order valence-electron chi connectivity index (χ0n) is 14.5. The molecule has 4 heteroatoms. The van der Waals surface area contributed by atoms with Crippen molar-refractivity contribution in [3.63, 3.8) is 0 Å². The Bertz CT molecular complexity index is 795. The van der Waals surface area contributed by atoms with Gasteiger partial charge >= 0.3 is 0 Å². The molecule has 0 atom stereocenters. The minimum Gasteiger partial charge on any atom is -0.453 e.